The van der Waals surface area contributed by atoms with Crippen LogP contribution in [0.1, 0.15) is 5.56 Å². The van der Waals surface area contributed by atoms with Crippen LogP contribution in [0.5, 0.6) is 0 Å². The molecule has 1 N–H and O–H groups in total. The summed E-state index contributed by atoms with van der Waals surface area (Å²) in [6.45, 7) is 2.00. The van der Waals surface area contributed by atoms with E-state index in [1.54, 1.807) is 6.20 Å². The quantitative estimate of drug-likeness (QED) is 0.739. The Labute approximate surface area is 81.6 Å². The Morgan fingerprint density at radius 1 is 1.38 bits per heavy atom. The van der Waals surface area contributed by atoms with E-state index in [-0.39, 0.29) is 0 Å². The number of aromatic nitrogens is 2. The molecule has 0 aliphatic rings. The molecule has 1 aromatic carbocycles. The third-order valence-corrected chi connectivity index (χ3v) is 2.49. The third-order valence-electron chi connectivity index (χ3n) is 2.08. The summed E-state index contributed by atoms with van der Waals surface area (Å²) in [5.74, 6) is 0. The monoisotopic (exact) mass is 192 g/mol. The summed E-state index contributed by atoms with van der Waals surface area (Å²) in [4.78, 5) is 0. The maximum atomic E-state index is 6.00. The van der Waals surface area contributed by atoms with Gasteiger partial charge in [0.2, 0.25) is 0 Å². The first-order valence-corrected chi connectivity index (χ1v) is 4.41. The van der Waals surface area contributed by atoms with Crippen molar-refractivity contribution in [3.63, 3.8) is 0 Å². The van der Waals surface area contributed by atoms with Crippen LogP contribution < -0.4 is 0 Å². The lowest BCUT2D eigenvalue weighted by Crippen LogP contribution is -1.81. The van der Waals surface area contributed by atoms with Crippen molar-refractivity contribution in [2.24, 2.45) is 0 Å². The minimum atomic E-state index is 0.790. The van der Waals surface area contributed by atoms with Crippen LogP contribution in [0, 0.1) is 6.92 Å². The van der Waals surface area contributed by atoms with Crippen molar-refractivity contribution in [2.45, 2.75) is 6.92 Å². The van der Waals surface area contributed by atoms with Crippen molar-refractivity contribution in [3.8, 4) is 11.1 Å². The molecule has 1 aromatic heterocycles. The van der Waals surface area contributed by atoms with Gasteiger partial charge in [-0.15, -0.1) is 0 Å². The van der Waals surface area contributed by atoms with Gasteiger partial charge in [-0.05, 0) is 24.1 Å². The maximum absolute atomic E-state index is 6.00. The van der Waals surface area contributed by atoms with E-state index < -0.39 is 0 Å². The second kappa shape index (κ2) is 3.23. The van der Waals surface area contributed by atoms with E-state index in [1.165, 1.54) is 0 Å². The van der Waals surface area contributed by atoms with Crippen LogP contribution in [0.3, 0.4) is 0 Å². The summed E-state index contributed by atoms with van der Waals surface area (Å²) in [7, 11) is 0. The summed E-state index contributed by atoms with van der Waals surface area (Å²) in [6, 6.07) is 5.87. The summed E-state index contributed by atoms with van der Waals surface area (Å²) in [5, 5.41) is 7.47. The molecule has 0 aliphatic heterocycles. The molecule has 0 unspecified atom stereocenters. The topological polar surface area (TPSA) is 28.7 Å². The van der Waals surface area contributed by atoms with Crippen LogP contribution in [0.15, 0.2) is 30.6 Å². The molecule has 2 rings (SSSR count). The highest BCUT2D eigenvalue weighted by Gasteiger charge is 2.04. The summed E-state index contributed by atoms with van der Waals surface area (Å²) in [5.41, 5.74) is 3.28. The van der Waals surface area contributed by atoms with Gasteiger partial charge in [-0.25, -0.2) is 0 Å². The molecule has 3 heteroatoms. The van der Waals surface area contributed by atoms with Crippen LogP contribution in [-0.2, 0) is 0 Å². The molecule has 0 bridgehead atoms. The molecular formula is C10H9ClN2. The fraction of sp³-hybridized carbons (Fsp3) is 0.100. The van der Waals surface area contributed by atoms with Gasteiger partial charge in [0.05, 0.1) is 6.20 Å². The van der Waals surface area contributed by atoms with Crippen molar-refractivity contribution in [3.05, 3.63) is 41.2 Å². The molecule has 1 heterocycles. The fourth-order valence-electron chi connectivity index (χ4n) is 1.32. The van der Waals surface area contributed by atoms with Gasteiger partial charge in [0.25, 0.3) is 0 Å². The van der Waals surface area contributed by atoms with E-state index in [2.05, 4.69) is 10.2 Å². The van der Waals surface area contributed by atoms with Crippen LogP contribution >= 0.6 is 11.6 Å². The number of hydrogen-bond donors (Lipinski definition) is 1. The fourth-order valence-corrected chi connectivity index (χ4v) is 1.49. The maximum Gasteiger partial charge on any atom is 0.0565 e. The highest BCUT2D eigenvalue weighted by Crippen LogP contribution is 2.27. The molecule has 2 nitrogen and oxygen atoms in total. The van der Waals surface area contributed by atoms with Crippen LogP contribution in [0.2, 0.25) is 5.02 Å². The summed E-state index contributed by atoms with van der Waals surface area (Å²) in [6.07, 6.45) is 3.65. The van der Waals surface area contributed by atoms with Crippen molar-refractivity contribution >= 4 is 11.6 Å². The first kappa shape index (κ1) is 8.32. The number of rotatable bonds is 1. The minimum Gasteiger partial charge on any atom is -0.285 e. The van der Waals surface area contributed by atoms with Gasteiger partial charge in [0, 0.05) is 16.8 Å². The average molecular weight is 193 g/mol. The number of nitrogens with one attached hydrogen (secondary N) is 1. The number of hydrogen-bond acceptors (Lipinski definition) is 1. The van der Waals surface area contributed by atoms with E-state index in [0.717, 1.165) is 21.7 Å². The molecule has 13 heavy (non-hydrogen) atoms. The number of halogens is 1. The van der Waals surface area contributed by atoms with Crippen LogP contribution in [0.4, 0.5) is 0 Å². The van der Waals surface area contributed by atoms with E-state index in [0.29, 0.717) is 0 Å². The van der Waals surface area contributed by atoms with Crippen molar-refractivity contribution in [1.29, 1.82) is 0 Å². The normalized spacial score (nSPS) is 10.3. The van der Waals surface area contributed by atoms with E-state index in [4.69, 9.17) is 11.6 Å². The Hall–Kier alpha value is -1.28. The van der Waals surface area contributed by atoms with Gasteiger partial charge in [0.1, 0.15) is 0 Å². The van der Waals surface area contributed by atoms with E-state index in [9.17, 15) is 0 Å². The molecule has 0 aliphatic carbocycles. The molecule has 0 saturated carbocycles. The van der Waals surface area contributed by atoms with Crippen LogP contribution in [-0.4, -0.2) is 10.2 Å². The van der Waals surface area contributed by atoms with Gasteiger partial charge >= 0.3 is 0 Å². The Balaban J connectivity index is 2.59. The summed E-state index contributed by atoms with van der Waals surface area (Å²) < 4.78 is 0. The molecule has 66 valence electrons. The number of benzene rings is 1. The first-order valence-electron chi connectivity index (χ1n) is 4.03. The smallest absolute Gasteiger partial charge is 0.0565 e. The van der Waals surface area contributed by atoms with Crippen molar-refractivity contribution in [1.82, 2.24) is 10.2 Å². The number of H-pyrrole nitrogens is 1. The zero-order valence-electron chi connectivity index (χ0n) is 7.21. The second-order valence-corrected chi connectivity index (χ2v) is 3.31. The zero-order chi connectivity index (χ0) is 9.26. The van der Waals surface area contributed by atoms with Gasteiger partial charge in [-0.1, -0.05) is 23.7 Å². The largest absolute Gasteiger partial charge is 0.285 e. The Kier molecular flexibility index (Phi) is 2.07. The van der Waals surface area contributed by atoms with Crippen molar-refractivity contribution < 1.29 is 0 Å². The van der Waals surface area contributed by atoms with Crippen molar-refractivity contribution in [2.75, 3.05) is 0 Å². The Bertz CT molecular complexity index is 407. The molecule has 2 aromatic rings. The minimum absolute atomic E-state index is 0.790. The second-order valence-electron chi connectivity index (χ2n) is 2.90. The van der Waals surface area contributed by atoms with E-state index in [1.807, 2.05) is 31.3 Å². The Morgan fingerprint density at radius 2 is 2.23 bits per heavy atom. The highest BCUT2D eigenvalue weighted by atomic mass is 35.5. The van der Waals surface area contributed by atoms with Gasteiger partial charge in [0.15, 0.2) is 0 Å². The van der Waals surface area contributed by atoms with Gasteiger partial charge < -0.3 is 0 Å². The zero-order valence-corrected chi connectivity index (χ0v) is 7.97. The van der Waals surface area contributed by atoms with Gasteiger partial charge in [-0.3, -0.25) is 5.10 Å². The SMILES string of the molecule is Cc1c(Cl)cccc1-c1cn[nH]c1. The molecule has 0 amide bonds. The Morgan fingerprint density at radius 3 is 2.92 bits per heavy atom. The summed E-state index contributed by atoms with van der Waals surface area (Å²) >= 11 is 6.00. The van der Waals surface area contributed by atoms with E-state index >= 15 is 0 Å². The lowest BCUT2D eigenvalue weighted by atomic mass is 10.0. The molecule has 0 atom stereocenters. The molecule has 0 fully saturated rings. The predicted octanol–water partition coefficient (Wildman–Crippen LogP) is 3.04. The average Bonchev–Trinajstić information content (AvgIpc) is 2.62. The number of aromatic amines is 1. The molecular weight excluding hydrogens is 184 g/mol. The highest BCUT2D eigenvalue weighted by molar-refractivity contribution is 6.31. The van der Waals surface area contributed by atoms with Crippen LogP contribution in [0.25, 0.3) is 11.1 Å². The first-order chi connectivity index (χ1) is 6.29. The van der Waals surface area contributed by atoms with Gasteiger partial charge in [-0.2, -0.15) is 5.10 Å². The number of nitrogens with zero attached hydrogens (tertiary/aromatic N) is 1. The standard InChI is InChI=1S/C10H9ClN2/c1-7-9(3-2-4-10(7)11)8-5-12-13-6-8/h2-6H,1H3,(H,12,13). The molecule has 0 spiro atoms. The third kappa shape index (κ3) is 1.45. The molecule has 0 radical (unpaired) electrons. The lowest BCUT2D eigenvalue weighted by molar-refractivity contribution is 1.09. The lowest BCUT2D eigenvalue weighted by Gasteiger charge is -2.03. The predicted molar refractivity (Wildman–Crippen MR) is 53.8 cm³/mol. The molecule has 0 saturated heterocycles.